The molecule has 4 nitrogen and oxygen atoms in total. The van der Waals surface area contributed by atoms with Crippen molar-refractivity contribution in [2.24, 2.45) is 5.11 Å². The van der Waals surface area contributed by atoms with Gasteiger partial charge in [-0.15, -0.1) is 5.11 Å². The van der Waals surface area contributed by atoms with Gasteiger partial charge >= 0.3 is 0 Å². The van der Waals surface area contributed by atoms with Crippen molar-refractivity contribution in [3.05, 3.63) is 59.7 Å². The topological polar surface area (TPSA) is 51.5 Å². The Balaban J connectivity index is 2.38. The van der Waals surface area contributed by atoms with Crippen LogP contribution in [0.4, 0.5) is 11.4 Å². The average Bonchev–Trinajstić information content (AvgIpc) is 2.46. The summed E-state index contributed by atoms with van der Waals surface area (Å²) in [5, 5.41) is 5.18. The molecular weight excluding hydrogens is 268 g/mol. The minimum atomic E-state index is 0.117. The van der Waals surface area contributed by atoms with Gasteiger partial charge in [-0.2, -0.15) is 0 Å². The maximum absolute atomic E-state index is 6.99. The third kappa shape index (κ3) is 3.39. The van der Waals surface area contributed by atoms with Gasteiger partial charge in [0, 0.05) is 0 Å². The van der Waals surface area contributed by atoms with Crippen molar-refractivity contribution >= 4 is 28.7 Å². The number of hydrazine groups is 1. The molecule has 0 saturated carbocycles. The first kappa shape index (κ1) is 14.1. The highest BCUT2D eigenvalue weighted by atomic mass is 32.1. The highest BCUT2D eigenvalue weighted by Gasteiger charge is 2.10. The monoisotopic (exact) mass is 284 g/mol. The van der Waals surface area contributed by atoms with Crippen LogP contribution < -0.4 is 10.4 Å². The number of benzene rings is 2. The van der Waals surface area contributed by atoms with Crippen molar-refractivity contribution < 1.29 is 0 Å². The number of hydrogen-bond acceptors (Lipinski definition) is 3. The summed E-state index contributed by atoms with van der Waals surface area (Å²) >= 11 is 4.98. The van der Waals surface area contributed by atoms with Crippen molar-refractivity contribution in [1.82, 2.24) is 5.43 Å². The molecule has 0 radical (unpaired) electrons. The summed E-state index contributed by atoms with van der Waals surface area (Å²) in [4.78, 5) is 0. The van der Waals surface area contributed by atoms with E-state index in [1.165, 1.54) is 11.1 Å². The third-order valence-corrected chi connectivity index (χ3v) is 3.08. The number of rotatable bonds is 3. The van der Waals surface area contributed by atoms with E-state index in [-0.39, 0.29) is 5.11 Å². The number of thiocarbonyl (C=S) groups is 1. The molecule has 2 aromatic carbocycles. The van der Waals surface area contributed by atoms with Crippen molar-refractivity contribution in [3.63, 3.8) is 0 Å². The van der Waals surface area contributed by atoms with Gasteiger partial charge in [0.05, 0.1) is 11.4 Å². The molecule has 0 aliphatic heterocycles. The van der Waals surface area contributed by atoms with Crippen LogP contribution in [0, 0.1) is 19.4 Å². The van der Waals surface area contributed by atoms with Gasteiger partial charge < -0.3 is 0 Å². The first-order valence-electron chi connectivity index (χ1n) is 6.21. The van der Waals surface area contributed by atoms with Crippen molar-refractivity contribution in [3.8, 4) is 0 Å². The zero-order valence-corrected chi connectivity index (χ0v) is 12.2. The van der Waals surface area contributed by atoms with E-state index in [9.17, 15) is 0 Å². The molecular formula is C15H16N4S. The SMILES string of the molecule is Cc1ccc(N(NC(=S)N=N)c2ccc(C)cc2)cc1. The Labute approximate surface area is 123 Å². The quantitative estimate of drug-likeness (QED) is 0.503. The highest BCUT2D eigenvalue weighted by molar-refractivity contribution is 7.80. The van der Waals surface area contributed by atoms with Gasteiger partial charge in [-0.25, -0.2) is 5.53 Å². The fourth-order valence-corrected chi connectivity index (χ4v) is 1.88. The molecule has 20 heavy (non-hydrogen) atoms. The van der Waals surface area contributed by atoms with Gasteiger partial charge in [0.15, 0.2) is 0 Å². The van der Waals surface area contributed by atoms with Crippen LogP contribution in [-0.2, 0) is 0 Å². The molecule has 0 aliphatic rings. The Hall–Kier alpha value is -2.27. The van der Waals surface area contributed by atoms with Crippen LogP contribution in [-0.4, -0.2) is 5.11 Å². The molecule has 2 aromatic rings. The Morgan fingerprint density at radius 2 is 1.35 bits per heavy atom. The molecule has 0 bridgehead atoms. The molecule has 2 N–H and O–H groups in total. The van der Waals surface area contributed by atoms with Crippen LogP contribution in [0.25, 0.3) is 0 Å². The zero-order chi connectivity index (χ0) is 14.5. The Morgan fingerprint density at radius 3 is 1.70 bits per heavy atom. The minimum Gasteiger partial charge on any atom is -0.266 e. The fraction of sp³-hybridized carbons (Fsp3) is 0.133. The van der Waals surface area contributed by atoms with E-state index in [4.69, 9.17) is 17.7 Å². The summed E-state index contributed by atoms with van der Waals surface area (Å²) in [6, 6.07) is 16.1. The van der Waals surface area contributed by atoms with Gasteiger partial charge in [-0.3, -0.25) is 10.4 Å². The summed E-state index contributed by atoms with van der Waals surface area (Å²) in [6.07, 6.45) is 0. The second kappa shape index (κ2) is 6.25. The van der Waals surface area contributed by atoms with Crippen LogP contribution in [0.2, 0.25) is 0 Å². The standard InChI is InChI=1S/C15H16N4S/c1-11-3-7-13(8-4-11)19(18-15(20)17-16)14-9-5-12(2)6-10-14/h3-10,16H,1-2H3,(H,18,20). The smallest absolute Gasteiger partial charge is 0.232 e. The number of nitrogens with one attached hydrogen (secondary N) is 2. The fourth-order valence-electron chi connectivity index (χ4n) is 1.79. The van der Waals surface area contributed by atoms with Gasteiger partial charge in [0.1, 0.15) is 0 Å². The van der Waals surface area contributed by atoms with E-state index in [0.717, 1.165) is 11.4 Å². The van der Waals surface area contributed by atoms with Crippen molar-refractivity contribution in [1.29, 1.82) is 5.53 Å². The molecule has 0 aromatic heterocycles. The molecule has 0 heterocycles. The first-order valence-corrected chi connectivity index (χ1v) is 6.62. The maximum atomic E-state index is 6.99. The van der Waals surface area contributed by atoms with Crippen molar-refractivity contribution in [2.75, 3.05) is 5.01 Å². The second-order valence-corrected chi connectivity index (χ2v) is 4.92. The van der Waals surface area contributed by atoms with E-state index >= 15 is 0 Å². The molecule has 0 saturated heterocycles. The zero-order valence-electron chi connectivity index (χ0n) is 11.4. The summed E-state index contributed by atoms with van der Waals surface area (Å²) in [5.74, 6) is 0. The van der Waals surface area contributed by atoms with E-state index in [0.29, 0.717) is 0 Å². The first-order chi connectivity index (χ1) is 9.60. The molecule has 0 aliphatic carbocycles. The molecule has 0 amide bonds. The average molecular weight is 284 g/mol. The molecule has 5 heteroatoms. The predicted octanol–water partition coefficient (Wildman–Crippen LogP) is 4.26. The van der Waals surface area contributed by atoms with Crippen LogP contribution >= 0.6 is 12.2 Å². The summed E-state index contributed by atoms with van der Waals surface area (Å²) in [6.45, 7) is 4.08. The third-order valence-electron chi connectivity index (χ3n) is 2.89. The summed E-state index contributed by atoms with van der Waals surface area (Å²) < 4.78 is 0. The van der Waals surface area contributed by atoms with Crippen LogP contribution in [0.15, 0.2) is 53.6 Å². The van der Waals surface area contributed by atoms with E-state index < -0.39 is 0 Å². The molecule has 0 fully saturated rings. The van der Waals surface area contributed by atoms with Crippen LogP contribution in [0.1, 0.15) is 11.1 Å². The number of nitrogens with zero attached hydrogens (tertiary/aromatic N) is 2. The largest absolute Gasteiger partial charge is 0.266 e. The number of anilines is 2. The summed E-state index contributed by atoms with van der Waals surface area (Å²) in [7, 11) is 0. The Morgan fingerprint density at radius 1 is 0.950 bits per heavy atom. The molecule has 2 rings (SSSR count). The lowest BCUT2D eigenvalue weighted by molar-refractivity contribution is 0.920. The van der Waals surface area contributed by atoms with Gasteiger partial charge in [0.2, 0.25) is 5.11 Å². The lowest BCUT2D eigenvalue weighted by Gasteiger charge is -2.25. The normalized spacial score (nSPS) is 9.90. The second-order valence-electron chi connectivity index (χ2n) is 4.54. The number of aryl methyl sites for hydroxylation is 2. The van der Waals surface area contributed by atoms with E-state index in [2.05, 4.69) is 10.5 Å². The Bertz CT molecular complexity index is 559. The molecule has 0 atom stereocenters. The van der Waals surface area contributed by atoms with Crippen molar-refractivity contribution in [2.45, 2.75) is 13.8 Å². The van der Waals surface area contributed by atoms with Gasteiger partial charge in [-0.05, 0) is 50.3 Å². The lowest BCUT2D eigenvalue weighted by atomic mass is 10.2. The summed E-state index contributed by atoms with van der Waals surface area (Å²) in [5.41, 5.74) is 14.2. The Kier molecular flexibility index (Phi) is 4.42. The molecule has 0 unspecified atom stereocenters. The highest BCUT2D eigenvalue weighted by Crippen LogP contribution is 2.24. The number of hydrogen-bond donors (Lipinski definition) is 2. The van der Waals surface area contributed by atoms with E-state index in [1.54, 1.807) is 0 Å². The predicted molar refractivity (Wildman–Crippen MR) is 85.4 cm³/mol. The van der Waals surface area contributed by atoms with Gasteiger partial charge in [-0.1, -0.05) is 35.4 Å². The molecule has 0 spiro atoms. The van der Waals surface area contributed by atoms with Crippen LogP contribution in [0.3, 0.4) is 0 Å². The maximum Gasteiger partial charge on any atom is 0.232 e. The molecule has 102 valence electrons. The minimum absolute atomic E-state index is 0.117. The van der Waals surface area contributed by atoms with Crippen LogP contribution in [0.5, 0.6) is 0 Å². The van der Waals surface area contributed by atoms with Gasteiger partial charge in [0.25, 0.3) is 0 Å². The van der Waals surface area contributed by atoms with E-state index in [1.807, 2.05) is 67.4 Å². The lowest BCUT2D eigenvalue weighted by Crippen LogP contribution is -2.36.